The molecule has 0 saturated heterocycles. The van der Waals surface area contributed by atoms with Gasteiger partial charge in [-0.3, -0.25) is 0 Å². The van der Waals surface area contributed by atoms with Gasteiger partial charge < -0.3 is 14.7 Å². The Labute approximate surface area is 95.1 Å². The fourth-order valence-corrected chi connectivity index (χ4v) is 0.870. The molecule has 0 aromatic carbocycles. The van der Waals surface area contributed by atoms with E-state index in [-0.39, 0.29) is 12.4 Å². The number of hydrogen-bond acceptors (Lipinski definition) is 5. The lowest BCUT2D eigenvalue weighted by Gasteiger charge is -2.19. The molecule has 0 atom stereocenters. The number of aliphatic hydroxyl groups is 1. The third kappa shape index (κ3) is 4.75. The van der Waals surface area contributed by atoms with Crippen molar-refractivity contribution >= 4 is 5.97 Å². The Morgan fingerprint density at radius 2 is 2.12 bits per heavy atom. The average Bonchev–Trinajstić information content (AvgIpc) is 2.17. The fourth-order valence-electron chi connectivity index (χ4n) is 0.870. The standard InChI is InChI=1S/C10H17N3O3/c1-7(2)13(4)5-6-16-10(15)9(12-11)8(3)14/h7H,5-6H2,1-4H3/p+1. The lowest BCUT2D eigenvalue weighted by Crippen LogP contribution is -2.30. The van der Waals surface area contributed by atoms with Gasteiger partial charge in [-0.05, 0) is 20.9 Å². The van der Waals surface area contributed by atoms with E-state index in [1.54, 1.807) is 0 Å². The summed E-state index contributed by atoms with van der Waals surface area (Å²) in [6.07, 6.45) is 0. The Bertz CT molecular complexity index is 314. The summed E-state index contributed by atoms with van der Waals surface area (Å²) < 4.78 is 4.82. The second-order valence-corrected chi connectivity index (χ2v) is 3.74. The predicted octanol–water partition coefficient (Wildman–Crippen LogP) is 1.51. The third-order valence-electron chi connectivity index (χ3n) is 2.19. The number of carbonyl (C=O) groups is 1. The fraction of sp³-hybridized carbons (Fsp3) is 0.700. The molecule has 0 aliphatic carbocycles. The molecule has 0 fully saturated rings. The molecule has 6 heteroatoms. The Morgan fingerprint density at radius 3 is 2.50 bits per heavy atom. The van der Waals surface area contributed by atoms with Gasteiger partial charge in [0.25, 0.3) is 0 Å². The highest BCUT2D eigenvalue weighted by Crippen LogP contribution is 2.05. The Balaban J connectivity index is 4.11. The van der Waals surface area contributed by atoms with E-state index in [1.807, 2.05) is 25.8 Å². The second kappa shape index (κ2) is 6.80. The van der Waals surface area contributed by atoms with Crippen molar-refractivity contribution in [3.05, 3.63) is 16.4 Å². The van der Waals surface area contributed by atoms with Crippen LogP contribution in [0.5, 0.6) is 0 Å². The van der Waals surface area contributed by atoms with Gasteiger partial charge in [-0.1, -0.05) is 0 Å². The smallest absolute Gasteiger partial charge is 0.504 e. The first-order valence-corrected chi connectivity index (χ1v) is 5.02. The van der Waals surface area contributed by atoms with Gasteiger partial charge >= 0.3 is 11.7 Å². The largest absolute Gasteiger partial charge is 0.505 e. The molecule has 0 unspecified atom stereocenters. The zero-order chi connectivity index (χ0) is 12.7. The van der Waals surface area contributed by atoms with E-state index in [2.05, 4.69) is 4.98 Å². The maximum atomic E-state index is 11.3. The number of likely N-dealkylation sites (N-methyl/N-ethyl adjacent to an activating group) is 1. The summed E-state index contributed by atoms with van der Waals surface area (Å²) in [5.41, 5.74) is -0.466. The molecular formula is C10H18N3O3+. The highest BCUT2D eigenvalue weighted by Gasteiger charge is 2.28. The molecule has 0 rings (SSSR count). The van der Waals surface area contributed by atoms with Crippen molar-refractivity contribution in [2.24, 2.45) is 0 Å². The second-order valence-electron chi connectivity index (χ2n) is 3.74. The van der Waals surface area contributed by atoms with Crippen LogP contribution in [0.4, 0.5) is 0 Å². The van der Waals surface area contributed by atoms with Gasteiger partial charge in [-0.25, -0.2) is 4.79 Å². The van der Waals surface area contributed by atoms with E-state index in [4.69, 9.17) is 15.2 Å². The number of carbonyl (C=O) groups excluding carboxylic acids is 1. The molecule has 0 bridgehead atoms. The van der Waals surface area contributed by atoms with Gasteiger partial charge in [-0.15, -0.1) is 0 Å². The summed E-state index contributed by atoms with van der Waals surface area (Å²) in [6.45, 7) is 6.05. The highest BCUT2D eigenvalue weighted by atomic mass is 16.5. The van der Waals surface area contributed by atoms with Crippen LogP contribution in [-0.2, 0) is 9.53 Å². The topological polar surface area (TPSA) is 77.9 Å². The van der Waals surface area contributed by atoms with Crippen LogP contribution in [0.2, 0.25) is 0 Å². The molecule has 0 saturated carbocycles. The summed E-state index contributed by atoms with van der Waals surface area (Å²) in [5, 5.41) is 17.5. The first-order valence-electron chi connectivity index (χ1n) is 5.02. The summed E-state index contributed by atoms with van der Waals surface area (Å²) in [6, 6.07) is 0.357. The summed E-state index contributed by atoms with van der Waals surface area (Å²) in [4.78, 5) is 15.9. The van der Waals surface area contributed by atoms with Gasteiger partial charge in [0.05, 0.1) is 0 Å². The van der Waals surface area contributed by atoms with Crippen LogP contribution < -0.4 is 0 Å². The minimum Gasteiger partial charge on any atom is -0.505 e. The van der Waals surface area contributed by atoms with Crippen molar-refractivity contribution in [2.75, 3.05) is 20.2 Å². The van der Waals surface area contributed by atoms with Gasteiger partial charge in [-0.2, -0.15) is 0 Å². The quantitative estimate of drug-likeness (QED) is 0.334. The Morgan fingerprint density at radius 1 is 1.56 bits per heavy atom. The van der Waals surface area contributed by atoms with E-state index in [9.17, 15) is 4.79 Å². The number of allylic oxidation sites excluding steroid dienone is 1. The molecule has 0 aromatic rings. The molecule has 0 radical (unpaired) electrons. The van der Waals surface area contributed by atoms with Gasteiger partial charge in [0, 0.05) is 19.5 Å². The zero-order valence-corrected chi connectivity index (χ0v) is 10.1. The maximum Gasteiger partial charge on any atom is 0.504 e. The summed E-state index contributed by atoms with van der Waals surface area (Å²) >= 11 is 0. The number of aliphatic hydroxyl groups excluding tert-OH is 1. The molecule has 0 spiro atoms. The SMILES string of the molecule is C/C(O)=C(\[N+]#N)C(=O)OCCN(C)C(C)C. The molecule has 16 heavy (non-hydrogen) atoms. The van der Waals surface area contributed by atoms with Crippen LogP contribution in [-0.4, -0.2) is 42.2 Å². The molecule has 0 heterocycles. The van der Waals surface area contributed by atoms with Gasteiger partial charge in [0.15, 0.2) is 10.7 Å². The van der Waals surface area contributed by atoms with Crippen molar-refractivity contribution in [1.29, 1.82) is 5.39 Å². The van der Waals surface area contributed by atoms with Gasteiger partial charge in [0.2, 0.25) is 5.39 Å². The summed E-state index contributed by atoms with van der Waals surface area (Å²) in [7, 11) is 1.91. The molecule has 0 aromatic heterocycles. The maximum absolute atomic E-state index is 11.3. The Kier molecular flexibility index (Phi) is 6.11. The highest BCUT2D eigenvalue weighted by molar-refractivity contribution is 5.90. The van der Waals surface area contributed by atoms with Crippen LogP contribution in [0.25, 0.3) is 4.98 Å². The first-order chi connectivity index (χ1) is 7.40. The number of nitrogens with zero attached hydrogens (tertiary/aromatic N) is 3. The molecule has 0 aliphatic rings. The van der Waals surface area contributed by atoms with Gasteiger partial charge in [0.1, 0.15) is 6.61 Å². The number of hydrogen-bond donors (Lipinski definition) is 1. The molecule has 1 N–H and O–H groups in total. The van der Waals surface area contributed by atoms with Crippen molar-refractivity contribution in [2.45, 2.75) is 26.8 Å². The van der Waals surface area contributed by atoms with E-state index in [0.717, 1.165) is 0 Å². The minimum atomic E-state index is -0.834. The lowest BCUT2D eigenvalue weighted by atomic mass is 10.3. The van der Waals surface area contributed by atoms with Crippen LogP contribution in [0, 0.1) is 5.39 Å². The third-order valence-corrected chi connectivity index (χ3v) is 2.19. The van der Waals surface area contributed by atoms with E-state index >= 15 is 0 Å². The lowest BCUT2D eigenvalue weighted by molar-refractivity contribution is -0.139. The molecule has 90 valence electrons. The Hall–Kier alpha value is -1.61. The minimum absolute atomic E-state index is 0.180. The molecule has 0 aliphatic heterocycles. The molecule has 0 amide bonds. The molecular weight excluding hydrogens is 210 g/mol. The number of rotatable bonds is 5. The van der Waals surface area contributed by atoms with Crippen molar-refractivity contribution in [3.8, 4) is 0 Å². The van der Waals surface area contributed by atoms with Crippen LogP contribution >= 0.6 is 0 Å². The van der Waals surface area contributed by atoms with E-state index in [0.29, 0.717) is 12.6 Å². The van der Waals surface area contributed by atoms with Crippen LogP contribution in [0.1, 0.15) is 20.8 Å². The average molecular weight is 228 g/mol. The van der Waals surface area contributed by atoms with Crippen molar-refractivity contribution in [1.82, 2.24) is 4.90 Å². The predicted molar refractivity (Wildman–Crippen MR) is 59.1 cm³/mol. The monoisotopic (exact) mass is 228 g/mol. The van der Waals surface area contributed by atoms with E-state index < -0.39 is 11.7 Å². The zero-order valence-electron chi connectivity index (χ0n) is 10.1. The van der Waals surface area contributed by atoms with Crippen LogP contribution in [0.3, 0.4) is 0 Å². The normalized spacial score (nSPS) is 12.3. The summed E-state index contributed by atoms with van der Waals surface area (Å²) in [5.74, 6) is -1.20. The number of ether oxygens (including phenoxy) is 1. The first kappa shape index (κ1) is 14.4. The number of diazo groups is 1. The van der Waals surface area contributed by atoms with Crippen LogP contribution in [0.15, 0.2) is 11.5 Å². The number of esters is 1. The van der Waals surface area contributed by atoms with Crippen molar-refractivity contribution in [3.63, 3.8) is 0 Å². The molecule has 6 nitrogen and oxygen atoms in total. The van der Waals surface area contributed by atoms with Crippen molar-refractivity contribution < 1.29 is 14.6 Å². The van der Waals surface area contributed by atoms with E-state index in [1.165, 1.54) is 6.92 Å².